The summed E-state index contributed by atoms with van der Waals surface area (Å²) in [6, 6.07) is 0. The highest BCUT2D eigenvalue weighted by atomic mass is 16.7. The highest BCUT2D eigenvalue weighted by molar-refractivity contribution is 5.33. The van der Waals surface area contributed by atoms with E-state index >= 15 is 0 Å². The zero-order chi connectivity index (χ0) is 25.9. The van der Waals surface area contributed by atoms with Gasteiger partial charge in [-0.25, -0.2) is 0 Å². The maximum atomic E-state index is 12.1. The van der Waals surface area contributed by atoms with Gasteiger partial charge in [-0.05, 0) is 97.2 Å². The zero-order valence-electron chi connectivity index (χ0n) is 23.1. The minimum absolute atomic E-state index is 0.0689. The van der Waals surface area contributed by atoms with Crippen LogP contribution in [0.1, 0.15) is 92.9 Å². The summed E-state index contributed by atoms with van der Waals surface area (Å²) in [5, 5.41) is 44.8. The van der Waals surface area contributed by atoms with Crippen LogP contribution in [0.15, 0.2) is 0 Å². The summed E-state index contributed by atoms with van der Waals surface area (Å²) >= 11 is 0. The number of aliphatic hydroxyl groups excluding tert-OH is 3. The van der Waals surface area contributed by atoms with Gasteiger partial charge in [-0.3, -0.25) is 0 Å². The van der Waals surface area contributed by atoms with Gasteiger partial charge in [0.1, 0.15) is 11.7 Å². The lowest BCUT2D eigenvalue weighted by molar-refractivity contribution is -0.315. The van der Waals surface area contributed by atoms with Gasteiger partial charge in [0, 0.05) is 11.8 Å². The minimum Gasteiger partial charge on any atom is -0.393 e. The van der Waals surface area contributed by atoms with Crippen molar-refractivity contribution in [2.24, 2.45) is 50.7 Å². The van der Waals surface area contributed by atoms with Crippen LogP contribution in [0.25, 0.3) is 0 Å². The molecule has 6 heteroatoms. The fraction of sp³-hybridized carbons (Fsp3) is 1.00. The van der Waals surface area contributed by atoms with Crippen LogP contribution < -0.4 is 0 Å². The first kappa shape index (κ1) is 24.8. The molecule has 0 radical (unpaired) electrons. The van der Waals surface area contributed by atoms with Crippen molar-refractivity contribution in [2.45, 2.75) is 129 Å². The second kappa shape index (κ2) is 6.72. The normalized spacial score (nSPS) is 66.8. The van der Waals surface area contributed by atoms with E-state index in [-0.39, 0.29) is 63.8 Å². The molecule has 6 nitrogen and oxygen atoms in total. The third-order valence-electron chi connectivity index (χ3n) is 14.3. The maximum Gasteiger partial charge on any atom is 0.198 e. The van der Waals surface area contributed by atoms with Gasteiger partial charge < -0.3 is 29.9 Å². The standard InChI is InChI=1S/C30H48O6/c1-16-11-30(23(33)26(5,34)15-35-30)36-17-12-25(4)19-8-7-18-24(2,3)20(31)9-10-28(18)14-29(19,28)13-21(32)27(25,6)22(16)17/h16-23,31-34H,7-15H2,1-6H3. The van der Waals surface area contributed by atoms with Crippen molar-refractivity contribution < 1.29 is 29.9 Å². The second-order valence-electron chi connectivity index (χ2n) is 15.9. The van der Waals surface area contributed by atoms with E-state index in [1.165, 1.54) is 12.8 Å². The van der Waals surface area contributed by atoms with E-state index in [1.807, 2.05) is 0 Å². The Labute approximate surface area is 216 Å². The van der Waals surface area contributed by atoms with Crippen LogP contribution in [0.5, 0.6) is 0 Å². The van der Waals surface area contributed by atoms with Gasteiger partial charge in [0.25, 0.3) is 0 Å². The number of hydrogen-bond acceptors (Lipinski definition) is 6. The van der Waals surface area contributed by atoms with Crippen molar-refractivity contribution in [3.63, 3.8) is 0 Å². The Kier molecular flexibility index (Phi) is 4.63. The van der Waals surface area contributed by atoms with E-state index in [1.54, 1.807) is 6.92 Å². The highest BCUT2D eigenvalue weighted by Gasteiger charge is 2.85. The largest absolute Gasteiger partial charge is 0.393 e. The molecule has 7 rings (SSSR count). The molecule has 4 N–H and O–H groups in total. The molecule has 7 aliphatic rings. The summed E-state index contributed by atoms with van der Waals surface area (Å²) in [6.45, 7) is 13.3. The molecule has 0 aromatic rings. The zero-order valence-corrected chi connectivity index (χ0v) is 23.1. The highest BCUT2D eigenvalue weighted by Crippen LogP contribution is 2.89. The van der Waals surface area contributed by atoms with Crippen LogP contribution in [0.4, 0.5) is 0 Å². The number of rotatable bonds is 0. The Hall–Kier alpha value is -0.240. The Morgan fingerprint density at radius 2 is 1.50 bits per heavy atom. The predicted octanol–water partition coefficient (Wildman–Crippen LogP) is 3.63. The summed E-state index contributed by atoms with van der Waals surface area (Å²) in [4.78, 5) is 0. The van der Waals surface area contributed by atoms with Crippen molar-refractivity contribution >= 4 is 0 Å². The first-order chi connectivity index (χ1) is 16.6. The van der Waals surface area contributed by atoms with E-state index in [9.17, 15) is 20.4 Å². The Bertz CT molecular complexity index is 980. The van der Waals surface area contributed by atoms with Gasteiger partial charge in [-0.15, -0.1) is 0 Å². The topological polar surface area (TPSA) is 99.4 Å². The van der Waals surface area contributed by atoms with Gasteiger partial charge in [0.2, 0.25) is 0 Å². The molecule has 5 aliphatic carbocycles. The monoisotopic (exact) mass is 504 g/mol. The van der Waals surface area contributed by atoms with Gasteiger partial charge >= 0.3 is 0 Å². The molecule has 14 atom stereocenters. The molecule has 204 valence electrons. The maximum absolute atomic E-state index is 12.1. The molecule has 2 heterocycles. The molecule has 2 saturated heterocycles. The van der Waals surface area contributed by atoms with Crippen molar-refractivity contribution in [3.05, 3.63) is 0 Å². The molecule has 3 spiro atoms. The number of aliphatic hydroxyl groups is 4. The molecule has 0 aromatic heterocycles. The van der Waals surface area contributed by atoms with Crippen LogP contribution >= 0.6 is 0 Å². The first-order valence-corrected chi connectivity index (χ1v) is 14.7. The lowest BCUT2D eigenvalue weighted by atomic mass is 9.41. The summed E-state index contributed by atoms with van der Waals surface area (Å²) < 4.78 is 12.8. The summed E-state index contributed by atoms with van der Waals surface area (Å²) in [5.74, 6) is 0.302. The quantitative estimate of drug-likeness (QED) is 0.402. The number of hydrogen-bond donors (Lipinski definition) is 4. The molecule has 0 amide bonds. The fourth-order valence-corrected chi connectivity index (χ4v) is 12.6. The first-order valence-electron chi connectivity index (χ1n) is 14.7. The van der Waals surface area contributed by atoms with Crippen LogP contribution in [0.3, 0.4) is 0 Å². The van der Waals surface area contributed by atoms with Gasteiger partial charge in [-0.2, -0.15) is 0 Å². The van der Waals surface area contributed by atoms with Crippen LogP contribution in [-0.4, -0.2) is 62.8 Å². The predicted molar refractivity (Wildman–Crippen MR) is 134 cm³/mol. The lowest BCUT2D eigenvalue weighted by Crippen LogP contribution is -2.63. The molecule has 14 unspecified atom stereocenters. The van der Waals surface area contributed by atoms with Crippen LogP contribution in [-0.2, 0) is 9.47 Å². The Morgan fingerprint density at radius 3 is 2.17 bits per heavy atom. The molecule has 36 heavy (non-hydrogen) atoms. The average molecular weight is 505 g/mol. The molecule has 7 fully saturated rings. The molecule has 0 bridgehead atoms. The summed E-state index contributed by atoms with van der Waals surface area (Å²) in [7, 11) is 0. The third kappa shape index (κ3) is 2.44. The number of ether oxygens (including phenoxy) is 2. The minimum atomic E-state index is -1.31. The summed E-state index contributed by atoms with van der Waals surface area (Å²) in [5.41, 5.74) is -1.29. The van der Waals surface area contributed by atoms with Crippen molar-refractivity contribution in [1.82, 2.24) is 0 Å². The SMILES string of the molecule is CC1CC2(OCC(C)(O)C2O)OC2CC3(C)C4CCC5C(C)(C)C(O)CCC56CC46CC(O)C3(C)C12. The second-order valence-corrected chi connectivity index (χ2v) is 15.9. The molecule has 5 saturated carbocycles. The van der Waals surface area contributed by atoms with Crippen LogP contribution in [0.2, 0.25) is 0 Å². The van der Waals surface area contributed by atoms with Gasteiger partial charge in [-0.1, -0.05) is 34.6 Å². The lowest BCUT2D eigenvalue weighted by Gasteiger charge is -2.64. The molecule has 2 aliphatic heterocycles. The average Bonchev–Trinajstić information content (AvgIpc) is 3.30. The Balaban J connectivity index is 1.27. The van der Waals surface area contributed by atoms with E-state index < -0.39 is 17.5 Å². The van der Waals surface area contributed by atoms with E-state index in [2.05, 4.69) is 34.6 Å². The van der Waals surface area contributed by atoms with Crippen LogP contribution in [0, 0.1) is 50.7 Å². The van der Waals surface area contributed by atoms with Gasteiger partial charge in [0.05, 0.1) is 24.9 Å². The van der Waals surface area contributed by atoms with Gasteiger partial charge in [0.15, 0.2) is 5.79 Å². The number of fused-ring (bicyclic) bond motifs is 4. The Morgan fingerprint density at radius 1 is 0.806 bits per heavy atom. The smallest absolute Gasteiger partial charge is 0.198 e. The summed E-state index contributed by atoms with van der Waals surface area (Å²) in [6.07, 6.45) is 5.99. The van der Waals surface area contributed by atoms with Crippen molar-refractivity contribution in [3.8, 4) is 0 Å². The van der Waals surface area contributed by atoms with E-state index in [0.717, 1.165) is 32.1 Å². The molecular weight excluding hydrogens is 456 g/mol. The van der Waals surface area contributed by atoms with E-state index in [4.69, 9.17) is 9.47 Å². The molecule has 0 aromatic carbocycles. The fourth-order valence-electron chi connectivity index (χ4n) is 12.6. The van der Waals surface area contributed by atoms with Crippen molar-refractivity contribution in [2.75, 3.05) is 6.61 Å². The van der Waals surface area contributed by atoms with Crippen molar-refractivity contribution in [1.29, 1.82) is 0 Å². The molecular formula is C30H48O6. The third-order valence-corrected chi connectivity index (χ3v) is 14.3. The van der Waals surface area contributed by atoms with E-state index in [0.29, 0.717) is 18.3 Å².